The monoisotopic (exact) mass is 272 g/mol. The summed E-state index contributed by atoms with van der Waals surface area (Å²) in [4.78, 5) is 0. The molecular formula is C21H20. The molecule has 0 saturated carbocycles. The Balaban J connectivity index is 2.08. The van der Waals surface area contributed by atoms with Crippen molar-refractivity contribution >= 4 is 27.1 Å². The van der Waals surface area contributed by atoms with E-state index in [1.165, 1.54) is 59.2 Å². The van der Waals surface area contributed by atoms with Crippen LogP contribution in [0.5, 0.6) is 0 Å². The molecule has 0 heterocycles. The molecule has 0 bridgehead atoms. The number of fused-ring (bicyclic) bond motifs is 2. The van der Waals surface area contributed by atoms with Crippen LogP contribution in [0.2, 0.25) is 0 Å². The highest BCUT2D eigenvalue weighted by molar-refractivity contribution is 6.09. The molecule has 0 radical (unpaired) electrons. The molecule has 0 N–H and O–H groups in total. The van der Waals surface area contributed by atoms with E-state index in [0.29, 0.717) is 0 Å². The zero-order chi connectivity index (χ0) is 14.1. The van der Waals surface area contributed by atoms with Crippen molar-refractivity contribution in [1.29, 1.82) is 0 Å². The van der Waals surface area contributed by atoms with Gasteiger partial charge in [-0.05, 0) is 64.4 Å². The first-order chi connectivity index (χ1) is 10.4. The molecule has 21 heavy (non-hydrogen) atoms. The Labute approximate surface area is 126 Å². The topological polar surface area (TPSA) is 0 Å². The molecule has 0 atom stereocenters. The summed E-state index contributed by atoms with van der Waals surface area (Å²) in [5, 5.41) is 5.53. The summed E-state index contributed by atoms with van der Waals surface area (Å²) in [5.74, 6) is 0. The zero-order valence-electron chi connectivity index (χ0n) is 12.3. The molecule has 0 unspecified atom stereocenters. The van der Waals surface area contributed by atoms with E-state index in [9.17, 15) is 0 Å². The van der Waals surface area contributed by atoms with Gasteiger partial charge in [-0.2, -0.15) is 0 Å². The maximum Gasteiger partial charge on any atom is -0.00705 e. The van der Waals surface area contributed by atoms with Crippen molar-refractivity contribution in [2.75, 3.05) is 0 Å². The maximum absolute atomic E-state index is 2.49. The fourth-order valence-corrected chi connectivity index (χ4v) is 3.60. The molecule has 0 amide bonds. The second-order valence-corrected chi connectivity index (χ2v) is 6.02. The zero-order valence-corrected chi connectivity index (χ0v) is 12.3. The Kier molecular flexibility index (Phi) is 3.23. The van der Waals surface area contributed by atoms with Gasteiger partial charge in [-0.25, -0.2) is 0 Å². The summed E-state index contributed by atoms with van der Waals surface area (Å²) >= 11 is 0. The minimum Gasteiger partial charge on any atom is -0.0807 e. The van der Waals surface area contributed by atoms with Gasteiger partial charge in [-0.1, -0.05) is 61.0 Å². The molecule has 0 aliphatic heterocycles. The molecule has 0 aromatic heterocycles. The lowest BCUT2D eigenvalue weighted by atomic mass is 9.90. The van der Waals surface area contributed by atoms with Crippen LogP contribution in [0.25, 0.3) is 27.1 Å². The average molecular weight is 272 g/mol. The number of benzene rings is 3. The minimum atomic E-state index is 1.22. The lowest BCUT2D eigenvalue weighted by molar-refractivity contribution is 0.720. The fourth-order valence-electron chi connectivity index (χ4n) is 3.60. The van der Waals surface area contributed by atoms with Crippen LogP contribution >= 0.6 is 0 Å². The second-order valence-electron chi connectivity index (χ2n) is 6.02. The first-order valence-corrected chi connectivity index (χ1v) is 8.03. The van der Waals surface area contributed by atoms with Crippen molar-refractivity contribution in [3.8, 4) is 0 Å². The number of hydrogen-bond donors (Lipinski definition) is 0. The highest BCUT2D eigenvalue weighted by atomic mass is 14.2. The van der Waals surface area contributed by atoms with E-state index in [0.717, 1.165) is 0 Å². The third kappa shape index (κ3) is 2.25. The molecular weight excluding hydrogens is 252 g/mol. The Hall–Kier alpha value is -2.08. The van der Waals surface area contributed by atoms with Gasteiger partial charge in [-0.3, -0.25) is 0 Å². The lowest BCUT2D eigenvalue weighted by Crippen LogP contribution is -1.90. The quantitative estimate of drug-likeness (QED) is 0.453. The summed E-state index contributed by atoms with van der Waals surface area (Å²) in [7, 11) is 0. The molecule has 4 rings (SSSR count). The molecule has 1 aliphatic rings. The van der Waals surface area contributed by atoms with E-state index in [2.05, 4.69) is 60.7 Å². The van der Waals surface area contributed by atoms with Crippen molar-refractivity contribution in [2.45, 2.75) is 32.1 Å². The van der Waals surface area contributed by atoms with Crippen LogP contribution in [0.4, 0.5) is 0 Å². The fraction of sp³-hybridized carbons (Fsp3) is 0.238. The second kappa shape index (κ2) is 5.37. The molecule has 0 spiro atoms. The van der Waals surface area contributed by atoms with Crippen molar-refractivity contribution in [1.82, 2.24) is 0 Å². The van der Waals surface area contributed by atoms with Gasteiger partial charge in [0, 0.05) is 0 Å². The number of hydrogen-bond acceptors (Lipinski definition) is 0. The number of rotatable bonds is 1. The normalized spacial score (nSPS) is 15.9. The van der Waals surface area contributed by atoms with Crippen molar-refractivity contribution < 1.29 is 0 Å². The molecule has 0 saturated heterocycles. The summed E-state index contributed by atoms with van der Waals surface area (Å²) in [6.07, 6.45) is 8.96. The van der Waals surface area contributed by atoms with Gasteiger partial charge in [-0.15, -0.1) is 0 Å². The first-order valence-electron chi connectivity index (χ1n) is 8.03. The molecule has 3 aromatic carbocycles. The van der Waals surface area contributed by atoms with E-state index in [4.69, 9.17) is 0 Å². The van der Waals surface area contributed by atoms with Crippen molar-refractivity contribution in [3.63, 3.8) is 0 Å². The van der Waals surface area contributed by atoms with Gasteiger partial charge in [0.25, 0.3) is 0 Å². The van der Waals surface area contributed by atoms with Crippen LogP contribution in [0.1, 0.15) is 37.7 Å². The van der Waals surface area contributed by atoms with Gasteiger partial charge >= 0.3 is 0 Å². The van der Waals surface area contributed by atoms with Gasteiger partial charge in [0.05, 0.1) is 0 Å². The third-order valence-corrected chi connectivity index (χ3v) is 4.63. The Bertz CT molecular complexity index is 770. The Morgan fingerprint density at radius 3 is 2.05 bits per heavy atom. The summed E-state index contributed by atoms with van der Waals surface area (Å²) < 4.78 is 0. The van der Waals surface area contributed by atoms with E-state index < -0.39 is 0 Å². The minimum absolute atomic E-state index is 1.22. The van der Waals surface area contributed by atoms with Gasteiger partial charge in [0.1, 0.15) is 0 Å². The molecule has 0 nitrogen and oxygen atoms in total. The molecule has 1 aliphatic carbocycles. The summed E-state index contributed by atoms with van der Waals surface area (Å²) in [6.45, 7) is 0. The van der Waals surface area contributed by atoms with Gasteiger partial charge in [0.15, 0.2) is 0 Å². The highest BCUT2D eigenvalue weighted by Gasteiger charge is 2.12. The van der Waals surface area contributed by atoms with Crippen LogP contribution in [0.15, 0.2) is 60.7 Å². The van der Waals surface area contributed by atoms with Crippen LogP contribution in [-0.2, 0) is 0 Å². The van der Waals surface area contributed by atoms with E-state index in [1.54, 1.807) is 5.57 Å². The van der Waals surface area contributed by atoms with E-state index in [-0.39, 0.29) is 0 Å². The summed E-state index contributed by atoms with van der Waals surface area (Å²) in [6, 6.07) is 20.0. The Morgan fingerprint density at radius 2 is 1.33 bits per heavy atom. The predicted molar refractivity (Wildman–Crippen MR) is 92.5 cm³/mol. The summed E-state index contributed by atoms with van der Waals surface area (Å²) in [5.41, 5.74) is 3.03. The lowest BCUT2D eigenvalue weighted by Gasteiger charge is -2.14. The van der Waals surface area contributed by atoms with E-state index >= 15 is 0 Å². The van der Waals surface area contributed by atoms with Crippen LogP contribution < -0.4 is 0 Å². The third-order valence-electron chi connectivity index (χ3n) is 4.63. The van der Waals surface area contributed by atoms with Crippen LogP contribution in [0, 0.1) is 0 Å². The van der Waals surface area contributed by atoms with Crippen molar-refractivity contribution in [3.05, 3.63) is 66.2 Å². The Morgan fingerprint density at radius 1 is 0.667 bits per heavy atom. The van der Waals surface area contributed by atoms with Gasteiger partial charge < -0.3 is 0 Å². The van der Waals surface area contributed by atoms with Crippen molar-refractivity contribution in [2.24, 2.45) is 0 Å². The smallest absolute Gasteiger partial charge is 0.00705 e. The standard InChI is InChI=1S/C21H20/c1-2-4-10-16(9-3-1)21-19-13-7-5-11-17(19)15-18-12-6-8-14-20(18)21/h5-9,11-15H,1-4,10H2. The van der Waals surface area contributed by atoms with Crippen LogP contribution in [-0.4, -0.2) is 0 Å². The molecule has 0 fully saturated rings. The molecule has 0 heteroatoms. The molecule has 104 valence electrons. The first kappa shape index (κ1) is 12.6. The SMILES string of the molecule is C1=C(c2c3ccccc3cc3ccccc23)CCCCC1. The maximum atomic E-state index is 2.49. The van der Waals surface area contributed by atoms with Crippen LogP contribution in [0.3, 0.4) is 0 Å². The van der Waals surface area contributed by atoms with E-state index in [1.807, 2.05) is 0 Å². The average Bonchev–Trinajstić information content (AvgIpc) is 2.81. The predicted octanol–water partition coefficient (Wildman–Crippen LogP) is 6.34. The highest BCUT2D eigenvalue weighted by Crippen LogP contribution is 2.36. The number of allylic oxidation sites excluding steroid dienone is 2. The largest absolute Gasteiger partial charge is 0.0807 e. The van der Waals surface area contributed by atoms with Gasteiger partial charge in [0.2, 0.25) is 0 Å². The molecule has 3 aromatic rings.